The number of benzene rings is 1. The molecular formula is C17H20O4. The Balaban J connectivity index is 2.25. The summed E-state index contributed by atoms with van der Waals surface area (Å²) in [5.74, 6) is 1.29. The molecule has 1 aromatic heterocycles. The van der Waals surface area contributed by atoms with Crippen molar-refractivity contribution in [3.63, 3.8) is 0 Å². The molecule has 0 aliphatic heterocycles. The van der Waals surface area contributed by atoms with Gasteiger partial charge < -0.3 is 13.9 Å². The summed E-state index contributed by atoms with van der Waals surface area (Å²) < 4.78 is 16.7. The summed E-state index contributed by atoms with van der Waals surface area (Å²) in [5, 5.41) is 0.970. The van der Waals surface area contributed by atoms with Gasteiger partial charge in [-0.05, 0) is 51.2 Å². The van der Waals surface area contributed by atoms with Crippen molar-refractivity contribution >= 4 is 11.0 Å². The van der Waals surface area contributed by atoms with Gasteiger partial charge in [0.1, 0.15) is 5.58 Å². The van der Waals surface area contributed by atoms with Gasteiger partial charge in [-0.15, -0.1) is 0 Å². The Hall–Kier alpha value is -1.97. The van der Waals surface area contributed by atoms with E-state index in [9.17, 15) is 4.79 Å². The molecule has 1 aliphatic carbocycles. The van der Waals surface area contributed by atoms with Crippen LogP contribution in [0, 0.1) is 0 Å². The van der Waals surface area contributed by atoms with Gasteiger partial charge in [0.25, 0.3) is 0 Å². The summed E-state index contributed by atoms with van der Waals surface area (Å²) in [6.45, 7) is 3.90. The van der Waals surface area contributed by atoms with Gasteiger partial charge in [-0.1, -0.05) is 0 Å². The lowest BCUT2D eigenvalue weighted by molar-refractivity contribution is 0.230. The third kappa shape index (κ3) is 2.50. The second-order valence-electron chi connectivity index (χ2n) is 5.72. The molecule has 0 atom stereocenters. The monoisotopic (exact) mass is 288 g/mol. The van der Waals surface area contributed by atoms with Crippen molar-refractivity contribution in [2.75, 3.05) is 7.11 Å². The van der Waals surface area contributed by atoms with Crippen LogP contribution < -0.4 is 15.1 Å². The largest absolute Gasteiger partial charge is 0.493 e. The minimum absolute atomic E-state index is 0.0284. The first-order valence-electron chi connectivity index (χ1n) is 7.43. The Morgan fingerprint density at radius 3 is 2.48 bits per heavy atom. The molecule has 0 fully saturated rings. The highest BCUT2D eigenvalue weighted by atomic mass is 16.5. The molecule has 21 heavy (non-hydrogen) atoms. The van der Waals surface area contributed by atoms with E-state index in [1.54, 1.807) is 13.2 Å². The first-order chi connectivity index (χ1) is 10.1. The van der Waals surface area contributed by atoms with E-state index in [0.717, 1.165) is 42.2 Å². The van der Waals surface area contributed by atoms with Crippen LogP contribution >= 0.6 is 0 Å². The van der Waals surface area contributed by atoms with Crippen LogP contribution in [0.25, 0.3) is 11.0 Å². The van der Waals surface area contributed by atoms with Crippen LogP contribution in [-0.2, 0) is 12.8 Å². The quantitative estimate of drug-likeness (QED) is 0.811. The molecule has 1 aliphatic rings. The summed E-state index contributed by atoms with van der Waals surface area (Å²) in [4.78, 5) is 12.1. The lowest BCUT2D eigenvalue weighted by Crippen LogP contribution is -2.16. The number of fused-ring (bicyclic) bond motifs is 3. The van der Waals surface area contributed by atoms with Crippen molar-refractivity contribution < 1.29 is 13.9 Å². The summed E-state index contributed by atoms with van der Waals surface area (Å²) in [6, 6.07) is 3.70. The van der Waals surface area contributed by atoms with Gasteiger partial charge in [-0.2, -0.15) is 0 Å². The van der Waals surface area contributed by atoms with E-state index in [2.05, 4.69) is 0 Å². The highest BCUT2D eigenvalue weighted by Crippen LogP contribution is 2.36. The molecule has 0 amide bonds. The highest BCUT2D eigenvalue weighted by molar-refractivity contribution is 5.85. The Bertz CT molecular complexity index is 728. The predicted octanol–water partition coefficient (Wildman–Crippen LogP) is 3.47. The zero-order valence-corrected chi connectivity index (χ0v) is 12.7. The van der Waals surface area contributed by atoms with E-state index >= 15 is 0 Å². The second-order valence-corrected chi connectivity index (χ2v) is 5.72. The highest BCUT2D eigenvalue weighted by Gasteiger charge is 2.20. The molecule has 0 unspecified atom stereocenters. The van der Waals surface area contributed by atoms with E-state index in [0.29, 0.717) is 17.1 Å². The van der Waals surface area contributed by atoms with Gasteiger partial charge in [0.05, 0.1) is 13.2 Å². The maximum atomic E-state index is 12.1. The third-order valence-corrected chi connectivity index (χ3v) is 3.87. The minimum atomic E-state index is -0.210. The maximum Gasteiger partial charge on any atom is 0.339 e. The first kappa shape index (κ1) is 14.0. The van der Waals surface area contributed by atoms with Crippen LogP contribution in [0.2, 0.25) is 0 Å². The average molecular weight is 288 g/mol. The van der Waals surface area contributed by atoms with E-state index in [1.807, 2.05) is 19.9 Å². The van der Waals surface area contributed by atoms with Crippen molar-refractivity contribution in [2.24, 2.45) is 0 Å². The molecule has 0 radical (unpaired) electrons. The molecule has 0 bridgehead atoms. The van der Waals surface area contributed by atoms with Crippen LogP contribution in [0.4, 0.5) is 0 Å². The fourth-order valence-electron chi connectivity index (χ4n) is 2.96. The second kappa shape index (κ2) is 5.43. The molecular weight excluding hydrogens is 268 g/mol. The van der Waals surface area contributed by atoms with Gasteiger partial charge in [0.15, 0.2) is 11.5 Å². The van der Waals surface area contributed by atoms with Crippen molar-refractivity contribution in [2.45, 2.75) is 45.6 Å². The number of hydrogen-bond donors (Lipinski definition) is 0. The molecule has 0 saturated heterocycles. The van der Waals surface area contributed by atoms with E-state index in [-0.39, 0.29) is 11.7 Å². The van der Waals surface area contributed by atoms with Gasteiger partial charge in [-0.3, -0.25) is 0 Å². The van der Waals surface area contributed by atoms with Crippen molar-refractivity contribution in [3.05, 3.63) is 33.7 Å². The SMILES string of the molecule is COc1cc2c3c(c(=O)oc2cc1OC(C)C)CCCC3. The molecule has 2 aromatic rings. The lowest BCUT2D eigenvalue weighted by atomic mass is 9.90. The van der Waals surface area contributed by atoms with Gasteiger partial charge in [0, 0.05) is 17.0 Å². The molecule has 0 N–H and O–H groups in total. The molecule has 0 spiro atoms. The van der Waals surface area contributed by atoms with Gasteiger partial charge in [-0.25, -0.2) is 4.79 Å². The molecule has 4 heteroatoms. The fourth-order valence-corrected chi connectivity index (χ4v) is 2.96. The molecule has 112 valence electrons. The topological polar surface area (TPSA) is 48.7 Å². The zero-order chi connectivity index (χ0) is 15.0. The Morgan fingerprint density at radius 2 is 1.81 bits per heavy atom. The Kier molecular flexibility index (Phi) is 3.62. The summed E-state index contributed by atoms with van der Waals surface area (Å²) in [7, 11) is 1.62. The van der Waals surface area contributed by atoms with Crippen molar-refractivity contribution in [1.29, 1.82) is 0 Å². The molecule has 4 nitrogen and oxygen atoms in total. The Labute approximate surface area is 123 Å². The minimum Gasteiger partial charge on any atom is -0.493 e. The molecule has 3 rings (SSSR count). The first-order valence-corrected chi connectivity index (χ1v) is 7.43. The fraction of sp³-hybridized carbons (Fsp3) is 0.471. The molecule has 1 aromatic carbocycles. The molecule has 0 saturated carbocycles. The lowest BCUT2D eigenvalue weighted by Gasteiger charge is -2.18. The standard InChI is InChI=1S/C17H20O4/c1-10(2)20-16-9-14-13(8-15(16)19-3)11-6-4-5-7-12(11)17(18)21-14/h8-10H,4-7H2,1-3H3. The summed E-state index contributed by atoms with van der Waals surface area (Å²) in [5.41, 5.74) is 2.31. The number of rotatable bonds is 3. The average Bonchev–Trinajstić information content (AvgIpc) is 2.46. The van der Waals surface area contributed by atoms with E-state index < -0.39 is 0 Å². The zero-order valence-electron chi connectivity index (χ0n) is 12.7. The van der Waals surface area contributed by atoms with Gasteiger partial charge >= 0.3 is 5.63 Å². The van der Waals surface area contributed by atoms with E-state index in [1.165, 1.54) is 0 Å². The number of ether oxygens (including phenoxy) is 2. The molecule has 1 heterocycles. The Morgan fingerprint density at radius 1 is 1.10 bits per heavy atom. The van der Waals surface area contributed by atoms with Crippen molar-refractivity contribution in [3.8, 4) is 11.5 Å². The third-order valence-electron chi connectivity index (χ3n) is 3.87. The number of aryl methyl sites for hydroxylation is 1. The summed E-state index contributed by atoms with van der Waals surface area (Å²) >= 11 is 0. The van der Waals surface area contributed by atoms with E-state index in [4.69, 9.17) is 13.9 Å². The van der Waals surface area contributed by atoms with Crippen LogP contribution in [0.3, 0.4) is 0 Å². The van der Waals surface area contributed by atoms with Crippen LogP contribution in [0.15, 0.2) is 21.3 Å². The summed E-state index contributed by atoms with van der Waals surface area (Å²) in [6.07, 6.45) is 3.92. The number of hydrogen-bond acceptors (Lipinski definition) is 4. The van der Waals surface area contributed by atoms with Crippen LogP contribution in [-0.4, -0.2) is 13.2 Å². The normalized spacial score (nSPS) is 14.3. The number of methoxy groups -OCH3 is 1. The van der Waals surface area contributed by atoms with Crippen LogP contribution in [0.1, 0.15) is 37.8 Å². The maximum absolute atomic E-state index is 12.1. The smallest absolute Gasteiger partial charge is 0.339 e. The van der Waals surface area contributed by atoms with Crippen LogP contribution in [0.5, 0.6) is 11.5 Å². The van der Waals surface area contributed by atoms with Crippen molar-refractivity contribution in [1.82, 2.24) is 0 Å². The predicted molar refractivity (Wildman–Crippen MR) is 81.4 cm³/mol. The van der Waals surface area contributed by atoms with Gasteiger partial charge in [0.2, 0.25) is 0 Å².